The van der Waals surface area contributed by atoms with Crippen molar-refractivity contribution in [1.29, 1.82) is 0 Å². The van der Waals surface area contributed by atoms with Crippen LogP contribution in [0.1, 0.15) is 13.3 Å². The monoisotopic (exact) mass is 210 g/mol. The Hall–Kier alpha value is -1.36. The van der Waals surface area contributed by atoms with Gasteiger partial charge in [0.1, 0.15) is 18.0 Å². The highest BCUT2D eigenvalue weighted by atomic mass is 16.5. The molecule has 0 amide bonds. The van der Waals surface area contributed by atoms with E-state index in [1.54, 1.807) is 7.11 Å². The average Bonchev–Trinajstić information content (AvgIpc) is 2.29. The summed E-state index contributed by atoms with van der Waals surface area (Å²) in [5.41, 5.74) is 0. The van der Waals surface area contributed by atoms with E-state index < -0.39 is 0 Å². The third-order valence-electron chi connectivity index (χ3n) is 2.14. The minimum absolute atomic E-state index is 0.287. The predicted octanol–water partition coefficient (Wildman–Crippen LogP) is 1.36. The molecule has 1 heterocycles. The van der Waals surface area contributed by atoms with Crippen LogP contribution >= 0.6 is 0 Å². The van der Waals surface area contributed by atoms with Crippen LogP contribution in [0.3, 0.4) is 0 Å². The van der Waals surface area contributed by atoms with E-state index in [-0.39, 0.29) is 6.04 Å². The second-order valence-electron chi connectivity index (χ2n) is 3.24. The molecule has 0 aliphatic carbocycles. The van der Waals surface area contributed by atoms with Crippen LogP contribution < -0.4 is 10.6 Å². The molecule has 0 aliphatic rings. The van der Waals surface area contributed by atoms with E-state index in [4.69, 9.17) is 4.74 Å². The van der Waals surface area contributed by atoms with E-state index in [2.05, 4.69) is 27.5 Å². The number of methoxy groups -OCH3 is 1. The highest BCUT2D eigenvalue weighted by molar-refractivity contribution is 5.46. The summed E-state index contributed by atoms with van der Waals surface area (Å²) in [7, 11) is 3.53. The lowest BCUT2D eigenvalue weighted by molar-refractivity contribution is 0.184. The lowest BCUT2D eigenvalue weighted by Crippen LogP contribution is -2.24. The number of aromatic nitrogens is 2. The fourth-order valence-corrected chi connectivity index (χ4v) is 1.24. The number of hydrogen-bond donors (Lipinski definition) is 2. The lowest BCUT2D eigenvalue weighted by atomic mass is 10.2. The van der Waals surface area contributed by atoms with Gasteiger partial charge in [0.15, 0.2) is 0 Å². The minimum Gasteiger partial charge on any atom is -0.383 e. The molecule has 0 spiro atoms. The van der Waals surface area contributed by atoms with Crippen LogP contribution in [0.4, 0.5) is 11.6 Å². The molecule has 0 fully saturated rings. The summed E-state index contributed by atoms with van der Waals surface area (Å²) < 4.78 is 5.10. The molecule has 0 bridgehead atoms. The Morgan fingerprint density at radius 2 is 2.13 bits per heavy atom. The molecule has 1 aromatic rings. The van der Waals surface area contributed by atoms with Crippen molar-refractivity contribution < 1.29 is 4.74 Å². The largest absolute Gasteiger partial charge is 0.383 e. The van der Waals surface area contributed by atoms with E-state index in [0.717, 1.165) is 18.1 Å². The van der Waals surface area contributed by atoms with Crippen molar-refractivity contribution in [2.75, 3.05) is 31.4 Å². The number of nitrogens with one attached hydrogen (secondary N) is 2. The van der Waals surface area contributed by atoms with E-state index in [1.165, 1.54) is 6.33 Å². The molecule has 0 aromatic carbocycles. The normalized spacial score (nSPS) is 12.2. The van der Waals surface area contributed by atoms with Crippen LogP contribution in [-0.2, 0) is 4.74 Å². The average molecular weight is 210 g/mol. The molecular formula is C10H18N4O. The SMILES string of the molecule is CCC(COC)Nc1cc(NC)ncn1. The van der Waals surface area contributed by atoms with Gasteiger partial charge in [0.2, 0.25) is 0 Å². The molecule has 1 aromatic heterocycles. The number of ether oxygens (including phenoxy) is 1. The van der Waals surface area contributed by atoms with Crippen molar-refractivity contribution in [2.45, 2.75) is 19.4 Å². The first-order valence-corrected chi connectivity index (χ1v) is 5.05. The topological polar surface area (TPSA) is 59.1 Å². The standard InChI is InChI=1S/C10H18N4O/c1-4-8(6-15-3)14-10-5-9(11-2)12-7-13-10/h5,7-8H,4,6H2,1-3H3,(H2,11,12,13,14). The Balaban J connectivity index is 2.61. The molecule has 0 saturated heterocycles. The number of anilines is 2. The van der Waals surface area contributed by atoms with Crippen LogP contribution in [0, 0.1) is 0 Å². The van der Waals surface area contributed by atoms with Gasteiger partial charge in [-0.15, -0.1) is 0 Å². The van der Waals surface area contributed by atoms with Gasteiger partial charge in [0, 0.05) is 20.2 Å². The van der Waals surface area contributed by atoms with Gasteiger partial charge in [-0.2, -0.15) is 0 Å². The summed E-state index contributed by atoms with van der Waals surface area (Å²) in [5, 5.41) is 6.26. The number of hydrogen-bond acceptors (Lipinski definition) is 5. The zero-order chi connectivity index (χ0) is 11.1. The highest BCUT2D eigenvalue weighted by Gasteiger charge is 2.06. The summed E-state index contributed by atoms with van der Waals surface area (Å²) in [6.45, 7) is 2.78. The Labute approximate surface area is 90.3 Å². The zero-order valence-corrected chi connectivity index (χ0v) is 9.45. The molecule has 5 heteroatoms. The maximum Gasteiger partial charge on any atom is 0.131 e. The third kappa shape index (κ3) is 3.71. The van der Waals surface area contributed by atoms with Gasteiger partial charge < -0.3 is 15.4 Å². The van der Waals surface area contributed by atoms with E-state index in [9.17, 15) is 0 Å². The molecule has 1 rings (SSSR count). The van der Waals surface area contributed by atoms with Gasteiger partial charge in [-0.3, -0.25) is 0 Å². The third-order valence-corrected chi connectivity index (χ3v) is 2.14. The second-order valence-corrected chi connectivity index (χ2v) is 3.24. The fourth-order valence-electron chi connectivity index (χ4n) is 1.24. The molecule has 1 atom stereocenters. The Kier molecular flexibility index (Phi) is 4.83. The smallest absolute Gasteiger partial charge is 0.131 e. The molecule has 0 radical (unpaired) electrons. The van der Waals surface area contributed by atoms with Crippen molar-refractivity contribution in [2.24, 2.45) is 0 Å². The molecule has 84 valence electrons. The van der Waals surface area contributed by atoms with Crippen LogP contribution in [0.5, 0.6) is 0 Å². The molecule has 15 heavy (non-hydrogen) atoms. The van der Waals surface area contributed by atoms with E-state index in [0.29, 0.717) is 6.61 Å². The predicted molar refractivity (Wildman–Crippen MR) is 61.2 cm³/mol. The number of rotatable bonds is 6. The highest BCUT2D eigenvalue weighted by Crippen LogP contribution is 2.10. The van der Waals surface area contributed by atoms with Crippen molar-refractivity contribution >= 4 is 11.6 Å². The molecule has 5 nitrogen and oxygen atoms in total. The summed E-state index contributed by atoms with van der Waals surface area (Å²) in [5.74, 6) is 1.62. The summed E-state index contributed by atoms with van der Waals surface area (Å²) in [6, 6.07) is 2.16. The molecule has 1 unspecified atom stereocenters. The van der Waals surface area contributed by atoms with Crippen molar-refractivity contribution in [3.63, 3.8) is 0 Å². The van der Waals surface area contributed by atoms with E-state index >= 15 is 0 Å². The summed E-state index contributed by atoms with van der Waals surface area (Å²) in [4.78, 5) is 8.18. The van der Waals surface area contributed by atoms with Gasteiger partial charge in [0.25, 0.3) is 0 Å². The molecule has 0 aliphatic heterocycles. The maximum atomic E-state index is 5.10. The molecular weight excluding hydrogens is 192 g/mol. The fraction of sp³-hybridized carbons (Fsp3) is 0.600. The summed E-state index contributed by atoms with van der Waals surface area (Å²) >= 11 is 0. The summed E-state index contributed by atoms with van der Waals surface area (Å²) in [6.07, 6.45) is 2.53. The van der Waals surface area contributed by atoms with Crippen molar-refractivity contribution in [1.82, 2.24) is 9.97 Å². The Morgan fingerprint density at radius 3 is 2.73 bits per heavy atom. The van der Waals surface area contributed by atoms with Gasteiger partial charge in [-0.25, -0.2) is 9.97 Å². The van der Waals surface area contributed by atoms with Crippen LogP contribution in [0.15, 0.2) is 12.4 Å². The second kappa shape index (κ2) is 6.19. The molecule has 0 saturated carbocycles. The van der Waals surface area contributed by atoms with Crippen LogP contribution in [0.2, 0.25) is 0 Å². The Morgan fingerprint density at radius 1 is 1.40 bits per heavy atom. The first-order chi connectivity index (χ1) is 7.30. The van der Waals surface area contributed by atoms with Gasteiger partial charge >= 0.3 is 0 Å². The Bertz CT molecular complexity index is 293. The van der Waals surface area contributed by atoms with Gasteiger partial charge in [0.05, 0.1) is 12.6 Å². The molecule has 2 N–H and O–H groups in total. The van der Waals surface area contributed by atoms with Gasteiger partial charge in [-0.1, -0.05) is 6.92 Å². The first-order valence-electron chi connectivity index (χ1n) is 5.05. The maximum absolute atomic E-state index is 5.10. The van der Waals surface area contributed by atoms with Crippen LogP contribution in [0.25, 0.3) is 0 Å². The minimum atomic E-state index is 0.287. The van der Waals surface area contributed by atoms with E-state index in [1.807, 2.05) is 13.1 Å². The quantitative estimate of drug-likeness (QED) is 0.742. The lowest BCUT2D eigenvalue weighted by Gasteiger charge is -2.16. The van der Waals surface area contributed by atoms with Gasteiger partial charge in [-0.05, 0) is 6.42 Å². The van der Waals surface area contributed by atoms with Crippen molar-refractivity contribution in [3.8, 4) is 0 Å². The first kappa shape index (κ1) is 11.7. The zero-order valence-electron chi connectivity index (χ0n) is 9.45. The number of nitrogens with zero attached hydrogens (tertiary/aromatic N) is 2. The van der Waals surface area contributed by atoms with Crippen molar-refractivity contribution in [3.05, 3.63) is 12.4 Å². The van der Waals surface area contributed by atoms with Crippen LogP contribution in [-0.4, -0.2) is 36.8 Å².